The lowest BCUT2D eigenvalue weighted by Crippen LogP contribution is -2.17. The van der Waals surface area contributed by atoms with Crippen LogP contribution in [0.2, 0.25) is 0 Å². The third kappa shape index (κ3) is 2.93. The third-order valence-electron chi connectivity index (χ3n) is 1.79. The van der Waals surface area contributed by atoms with E-state index in [0.29, 0.717) is 6.54 Å². The zero-order valence-electron chi connectivity index (χ0n) is 7.33. The van der Waals surface area contributed by atoms with Gasteiger partial charge < -0.3 is 10.4 Å². The van der Waals surface area contributed by atoms with E-state index in [4.69, 9.17) is 0 Å². The lowest BCUT2D eigenvalue weighted by Gasteiger charge is -2.09. The van der Waals surface area contributed by atoms with Gasteiger partial charge in [0, 0.05) is 12.2 Å². The molecule has 0 aliphatic carbocycles. The van der Waals surface area contributed by atoms with Gasteiger partial charge in [0.15, 0.2) is 0 Å². The van der Waals surface area contributed by atoms with Crippen LogP contribution in [0.15, 0.2) is 30.3 Å². The number of hydrogen-bond acceptors (Lipinski definition) is 2. The van der Waals surface area contributed by atoms with E-state index in [1.165, 1.54) is 0 Å². The van der Waals surface area contributed by atoms with Gasteiger partial charge in [0.25, 0.3) is 0 Å². The van der Waals surface area contributed by atoms with Crippen molar-refractivity contribution in [2.24, 2.45) is 0 Å². The summed E-state index contributed by atoms with van der Waals surface area (Å²) < 4.78 is 0. The van der Waals surface area contributed by atoms with Crippen molar-refractivity contribution in [3.63, 3.8) is 0 Å². The van der Waals surface area contributed by atoms with E-state index in [1.807, 2.05) is 37.3 Å². The molecule has 1 atom stereocenters. The van der Waals surface area contributed by atoms with Crippen molar-refractivity contribution in [2.75, 3.05) is 11.9 Å². The molecule has 2 heteroatoms. The number of para-hydroxylation sites is 1. The first kappa shape index (κ1) is 9.07. The van der Waals surface area contributed by atoms with E-state index in [1.54, 1.807) is 0 Å². The summed E-state index contributed by atoms with van der Waals surface area (Å²) >= 11 is 0. The highest BCUT2D eigenvalue weighted by Gasteiger charge is 1.98. The van der Waals surface area contributed by atoms with Crippen LogP contribution in [0.5, 0.6) is 0 Å². The van der Waals surface area contributed by atoms with E-state index in [2.05, 4.69) is 5.32 Å². The standard InChI is InChI=1S/C10H15NO/c1-2-10(12)8-11-9-6-4-3-5-7-9/h3-7,10-12H,2,8H2,1H3/t10-/m1/s1. The largest absolute Gasteiger partial charge is 0.391 e. The molecule has 1 rings (SSSR count). The highest BCUT2D eigenvalue weighted by molar-refractivity contribution is 5.42. The van der Waals surface area contributed by atoms with E-state index in [9.17, 15) is 5.11 Å². The van der Waals surface area contributed by atoms with Crippen LogP contribution in [0.4, 0.5) is 5.69 Å². The van der Waals surface area contributed by atoms with Crippen molar-refractivity contribution in [3.8, 4) is 0 Å². The van der Waals surface area contributed by atoms with Crippen LogP contribution in [0, 0.1) is 0 Å². The van der Waals surface area contributed by atoms with Gasteiger partial charge in [-0.15, -0.1) is 0 Å². The fraction of sp³-hybridized carbons (Fsp3) is 0.400. The smallest absolute Gasteiger partial charge is 0.0709 e. The minimum atomic E-state index is -0.245. The molecule has 0 aliphatic heterocycles. The molecular formula is C10H15NO. The molecule has 12 heavy (non-hydrogen) atoms. The van der Waals surface area contributed by atoms with Gasteiger partial charge >= 0.3 is 0 Å². The Labute approximate surface area is 73.2 Å². The molecule has 0 heterocycles. The zero-order valence-corrected chi connectivity index (χ0v) is 7.33. The lowest BCUT2D eigenvalue weighted by atomic mass is 10.2. The highest BCUT2D eigenvalue weighted by Crippen LogP contribution is 2.04. The Hall–Kier alpha value is -1.02. The second-order valence-corrected chi connectivity index (χ2v) is 2.81. The zero-order chi connectivity index (χ0) is 8.81. The van der Waals surface area contributed by atoms with E-state index >= 15 is 0 Å². The normalized spacial score (nSPS) is 12.5. The third-order valence-corrected chi connectivity index (χ3v) is 1.79. The number of aliphatic hydroxyl groups excluding tert-OH is 1. The Morgan fingerprint density at radius 2 is 2.00 bits per heavy atom. The predicted molar refractivity (Wildman–Crippen MR) is 51.2 cm³/mol. The minimum absolute atomic E-state index is 0.245. The van der Waals surface area contributed by atoms with Gasteiger partial charge in [-0.3, -0.25) is 0 Å². The predicted octanol–water partition coefficient (Wildman–Crippen LogP) is 1.87. The van der Waals surface area contributed by atoms with Crippen molar-refractivity contribution in [1.82, 2.24) is 0 Å². The van der Waals surface area contributed by atoms with Crippen molar-refractivity contribution in [2.45, 2.75) is 19.4 Å². The molecule has 0 amide bonds. The van der Waals surface area contributed by atoms with Crippen LogP contribution in [-0.4, -0.2) is 17.8 Å². The van der Waals surface area contributed by atoms with Crippen LogP contribution in [0.25, 0.3) is 0 Å². The van der Waals surface area contributed by atoms with Gasteiger partial charge in [-0.05, 0) is 18.6 Å². The van der Waals surface area contributed by atoms with Gasteiger partial charge in [0.1, 0.15) is 0 Å². The first-order chi connectivity index (χ1) is 5.83. The second-order valence-electron chi connectivity index (χ2n) is 2.81. The SMILES string of the molecule is CC[C@@H](O)CNc1ccccc1. The Morgan fingerprint density at radius 3 is 2.58 bits per heavy atom. The van der Waals surface area contributed by atoms with Gasteiger partial charge in [-0.2, -0.15) is 0 Å². The van der Waals surface area contributed by atoms with Crippen LogP contribution in [0.1, 0.15) is 13.3 Å². The maximum atomic E-state index is 9.26. The maximum Gasteiger partial charge on any atom is 0.0709 e. The molecule has 0 fully saturated rings. The molecule has 2 nitrogen and oxygen atoms in total. The molecule has 1 aromatic carbocycles. The van der Waals surface area contributed by atoms with Gasteiger partial charge in [0.05, 0.1) is 6.10 Å². The molecule has 0 aliphatic rings. The summed E-state index contributed by atoms with van der Waals surface area (Å²) in [7, 11) is 0. The Kier molecular flexibility index (Phi) is 3.61. The Balaban J connectivity index is 2.33. The maximum absolute atomic E-state index is 9.26. The topological polar surface area (TPSA) is 32.3 Å². The monoisotopic (exact) mass is 165 g/mol. The van der Waals surface area contributed by atoms with Gasteiger partial charge in [0.2, 0.25) is 0 Å². The van der Waals surface area contributed by atoms with Gasteiger partial charge in [-0.1, -0.05) is 25.1 Å². The molecule has 0 aromatic heterocycles. The van der Waals surface area contributed by atoms with Crippen molar-refractivity contribution >= 4 is 5.69 Å². The Morgan fingerprint density at radius 1 is 1.33 bits per heavy atom. The molecule has 0 spiro atoms. The minimum Gasteiger partial charge on any atom is -0.391 e. The lowest BCUT2D eigenvalue weighted by molar-refractivity contribution is 0.183. The molecule has 1 aromatic rings. The van der Waals surface area contributed by atoms with E-state index in [0.717, 1.165) is 12.1 Å². The highest BCUT2D eigenvalue weighted by atomic mass is 16.3. The summed E-state index contributed by atoms with van der Waals surface area (Å²) in [5, 5.41) is 12.4. The first-order valence-corrected chi connectivity index (χ1v) is 4.30. The average Bonchev–Trinajstić information content (AvgIpc) is 2.16. The van der Waals surface area contributed by atoms with Crippen LogP contribution < -0.4 is 5.32 Å². The molecule has 0 saturated carbocycles. The van der Waals surface area contributed by atoms with Crippen molar-refractivity contribution in [3.05, 3.63) is 30.3 Å². The number of rotatable bonds is 4. The molecular weight excluding hydrogens is 150 g/mol. The van der Waals surface area contributed by atoms with Gasteiger partial charge in [-0.25, -0.2) is 0 Å². The van der Waals surface area contributed by atoms with Crippen LogP contribution in [-0.2, 0) is 0 Å². The van der Waals surface area contributed by atoms with Crippen LogP contribution >= 0.6 is 0 Å². The van der Waals surface area contributed by atoms with Crippen molar-refractivity contribution in [1.29, 1.82) is 0 Å². The average molecular weight is 165 g/mol. The summed E-state index contributed by atoms with van der Waals surface area (Å²) in [4.78, 5) is 0. The molecule has 0 saturated heterocycles. The number of anilines is 1. The van der Waals surface area contributed by atoms with Crippen molar-refractivity contribution < 1.29 is 5.11 Å². The molecule has 66 valence electrons. The molecule has 2 N–H and O–H groups in total. The Bertz CT molecular complexity index is 210. The fourth-order valence-corrected chi connectivity index (χ4v) is 0.936. The van der Waals surface area contributed by atoms with E-state index < -0.39 is 0 Å². The number of nitrogens with one attached hydrogen (secondary N) is 1. The summed E-state index contributed by atoms with van der Waals surface area (Å²) in [5.41, 5.74) is 1.06. The second kappa shape index (κ2) is 4.78. The number of hydrogen-bond donors (Lipinski definition) is 2. The summed E-state index contributed by atoms with van der Waals surface area (Å²) in [5.74, 6) is 0. The quantitative estimate of drug-likeness (QED) is 0.713. The fourth-order valence-electron chi connectivity index (χ4n) is 0.936. The first-order valence-electron chi connectivity index (χ1n) is 4.30. The molecule has 0 bridgehead atoms. The van der Waals surface area contributed by atoms with E-state index in [-0.39, 0.29) is 6.10 Å². The molecule has 0 radical (unpaired) electrons. The molecule has 0 unspecified atom stereocenters. The number of benzene rings is 1. The summed E-state index contributed by atoms with van der Waals surface area (Å²) in [6.07, 6.45) is 0.546. The summed E-state index contributed by atoms with van der Waals surface area (Å²) in [6.45, 7) is 2.60. The van der Waals surface area contributed by atoms with Crippen LogP contribution in [0.3, 0.4) is 0 Å². The number of aliphatic hydroxyl groups is 1. The summed E-state index contributed by atoms with van der Waals surface area (Å²) in [6, 6.07) is 9.90.